The topological polar surface area (TPSA) is 213 Å². The van der Waals surface area contributed by atoms with Crippen LogP contribution in [-0.4, -0.2) is 109 Å². The van der Waals surface area contributed by atoms with Crippen molar-refractivity contribution in [2.75, 3.05) is 37.7 Å². The first-order valence-corrected chi connectivity index (χ1v) is 12.1. The molecule has 1 fully saturated rings. The van der Waals surface area contributed by atoms with Gasteiger partial charge in [-0.25, -0.2) is 14.0 Å². The molecule has 204 valence electrons. The van der Waals surface area contributed by atoms with E-state index in [1.54, 1.807) is 6.07 Å². The summed E-state index contributed by atoms with van der Waals surface area (Å²) >= 11 is 1.35. The molecule has 0 amide bonds. The molecular formula is C22H28FN3O10S. The largest absolute Gasteiger partial charge is 0.479 e. The zero-order valence-electron chi connectivity index (χ0n) is 19.6. The lowest BCUT2D eigenvalue weighted by Crippen LogP contribution is -2.48. The van der Waals surface area contributed by atoms with Gasteiger partial charge in [-0.15, -0.1) is 0 Å². The standard InChI is InChI=1S/C16H16FN3O3S.C6H12O7/c1-8-20-11-7-12(19-4-2-18-3-5-19)10(17)6-9(11)14(21)13(16(22)23)15(20)24-8;7-1-2(8)3(9)4(10)5(11)6(12)13/h6-8,18H,2-5H2,1H3,(H,22,23);2-5,7-11H,1H2,(H,12,13)/t8-;2-,3-,4+,5-/m01/s1. The van der Waals surface area contributed by atoms with Crippen LogP contribution in [0.25, 0.3) is 10.9 Å². The molecule has 0 saturated carbocycles. The third-order valence-electron chi connectivity index (χ3n) is 6.05. The number of fused-ring (bicyclic) bond motifs is 3. The van der Waals surface area contributed by atoms with E-state index >= 15 is 0 Å². The highest BCUT2D eigenvalue weighted by Crippen LogP contribution is 2.46. The quantitative estimate of drug-likeness (QED) is 0.197. The van der Waals surface area contributed by atoms with Gasteiger partial charge in [-0.1, -0.05) is 11.8 Å². The second-order valence-corrected chi connectivity index (χ2v) is 9.78. The number of rotatable bonds is 7. The van der Waals surface area contributed by atoms with Crippen LogP contribution in [0, 0.1) is 5.82 Å². The minimum atomic E-state index is -2.20. The average Bonchev–Trinajstić information content (AvgIpc) is 2.87. The lowest BCUT2D eigenvalue weighted by atomic mass is 10.0. The zero-order chi connectivity index (χ0) is 27.6. The summed E-state index contributed by atoms with van der Waals surface area (Å²) in [5, 5.41) is 65.0. The molecule has 8 N–H and O–H groups in total. The summed E-state index contributed by atoms with van der Waals surface area (Å²) in [6.07, 6.45) is -7.84. The molecule has 37 heavy (non-hydrogen) atoms. The lowest BCUT2D eigenvalue weighted by molar-refractivity contribution is -0.164. The maximum absolute atomic E-state index is 14.6. The Kier molecular flexibility index (Phi) is 9.12. The van der Waals surface area contributed by atoms with Crippen molar-refractivity contribution in [3.05, 3.63) is 33.7 Å². The smallest absolute Gasteiger partial charge is 0.342 e. The Bertz CT molecular complexity index is 1240. The SMILES string of the molecule is C[C@@H]1Sc2c(C(=O)O)c(=O)c3cc(F)c(N4CCNCC4)cc3n21.O=C(O)[C@H](O)[C@@H](O)[C@H](O)[C@H](O)CO. The fourth-order valence-corrected chi connectivity index (χ4v) is 5.20. The number of halogens is 1. The number of hydrogen-bond acceptors (Lipinski definition) is 11. The Hall–Kier alpha value is -2.79. The summed E-state index contributed by atoms with van der Waals surface area (Å²) in [5.74, 6) is -3.48. The number of hydrogen-bond donors (Lipinski definition) is 8. The first-order chi connectivity index (χ1) is 17.4. The fourth-order valence-electron chi connectivity index (χ4n) is 4.04. The number of pyridine rings is 1. The van der Waals surface area contributed by atoms with E-state index < -0.39 is 54.2 Å². The van der Waals surface area contributed by atoms with Crippen molar-refractivity contribution in [1.82, 2.24) is 9.88 Å². The molecule has 2 aliphatic heterocycles. The molecule has 1 saturated heterocycles. The first kappa shape index (κ1) is 28.8. The number of carbonyl (C=O) groups is 2. The van der Waals surface area contributed by atoms with Crippen LogP contribution in [-0.2, 0) is 4.79 Å². The van der Waals surface area contributed by atoms with Gasteiger partial charge in [0.05, 0.1) is 28.2 Å². The summed E-state index contributed by atoms with van der Waals surface area (Å²) in [7, 11) is 0. The molecule has 0 radical (unpaired) electrons. The number of aliphatic hydroxyl groups excluding tert-OH is 5. The molecule has 15 heteroatoms. The summed E-state index contributed by atoms with van der Waals surface area (Å²) in [4.78, 5) is 36.0. The molecule has 0 bridgehead atoms. The monoisotopic (exact) mass is 545 g/mol. The minimum Gasteiger partial charge on any atom is -0.479 e. The van der Waals surface area contributed by atoms with Crippen molar-refractivity contribution >= 4 is 40.3 Å². The van der Waals surface area contributed by atoms with E-state index in [9.17, 15) is 23.9 Å². The Balaban J connectivity index is 0.000000251. The first-order valence-electron chi connectivity index (χ1n) is 11.2. The van der Waals surface area contributed by atoms with Crippen LogP contribution >= 0.6 is 11.8 Å². The van der Waals surface area contributed by atoms with Gasteiger partial charge < -0.3 is 50.5 Å². The Morgan fingerprint density at radius 3 is 2.27 bits per heavy atom. The van der Waals surface area contributed by atoms with Crippen LogP contribution in [0.5, 0.6) is 0 Å². The van der Waals surface area contributed by atoms with E-state index in [1.807, 2.05) is 16.4 Å². The number of aliphatic carboxylic acids is 1. The predicted molar refractivity (Wildman–Crippen MR) is 130 cm³/mol. The van der Waals surface area contributed by atoms with Gasteiger partial charge in [0.2, 0.25) is 5.43 Å². The number of anilines is 1. The van der Waals surface area contributed by atoms with E-state index in [0.29, 0.717) is 29.3 Å². The van der Waals surface area contributed by atoms with Crippen LogP contribution in [0.2, 0.25) is 0 Å². The summed E-state index contributed by atoms with van der Waals surface area (Å²) in [6.45, 7) is 4.03. The highest BCUT2D eigenvalue weighted by Gasteiger charge is 2.34. The molecule has 5 atom stereocenters. The molecule has 1 aromatic heterocycles. The zero-order valence-corrected chi connectivity index (χ0v) is 20.4. The highest BCUT2D eigenvalue weighted by atomic mass is 32.2. The number of benzene rings is 1. The molecule has 3 heterocycles. The number of carboxylic acid groups (broad SMARTS) is 2. The fraction of sp³-hybridized carbons (Fsp3) is 0.500. The summed E-state index contributed by atoms with van der Waals surface area (Å²) in [5.41, 5.74) is 0.181. The number of piperazine rings is 1. The Morgan fingerprint density at radius 2 is 1.76 bits per heavy atom. The Morgan fingerprint density at radius 1 is 1.14 bits per heavy atom. The predicted octanol–water partition coefficient (Wildman–Crippen LogP) is -1.62. The van der Waals surface area contributed by atoms with Crippen molar-refractivity contribution < 1.29 is 49.7 Å². The van der Waals surface area contributed by atoms with Crippen LogP contribution in [0.4, 0.5) is 10.1 Å². The van der Waals surface area contributed by atoms with Crippen molar-refractivity contribution in [1.29, 1.82) is 0 Å². The van der Waals surface area contributed by atoms with Crippen LogP contribution in [0.15, 0.2) is 22.0 Å². The summed E-state index contributed by atoms with van der Waals surface area (Å²) in [6, 6.07) is 2.87. The van der Waals surface area contributed by atoms with Crippen LogP contribution in [0.1, 0.15) is 22.7 Å². The van der Waals surface area contributed by atoms with Crippen molar-refractivity contribution in [3.8, 4) is 0 Å². The molecule has 0 aliphatic carbocycles. The van der Waals surface area contributed by atoms with E-state index in [1.165, 1.54) is 17.8 Å². The molecule has 2 aromatic rings. The highest BCUT2D eigenvalue weighted by molar-refractivity contribution is 8.00. The van der Waals surface area contributed by atoms with Gasteiger partial charge in [0.15, 0.2) is 6.10 Å². The molecular weight excluding hydrogens is 517 g/mol. The normalized spacial score (nSPS) is 20.1. The van der Waals surface area contributed by atoms with Gasteiger partial charge in [0, 0.05) is 31.6 Å². The maximum Gasteiger partial charge on any atom is 0.342 e. The third-order valence-corrected chi connectivity index (χ3v) is 7.23. The van der Waals surface area contributed by atoms with Crippen molar-refractivity contribution in [2.45, 2.75) is 41.7 Å². The molecule has 0 spiro atoms. The molecule has 4 rings (SSSR count). The van der Waals surface area contributed by atoms with Gasteiger partial charge in [-0.05, 0) is 19.1 Å². The van der Waals surface area contributed by atoms with Crippen LogP contribution in [0.3, 0.4) is 0 Å². The van der Waals surface area contributed by atoms with Crippen LogP contribution < -0.4 is 15.6 Å². The number of nitrogens with one attached hydrogen (secondary N) is 1. The van der Waals surface area contributed by atoms with Gasteiger partial charge in [-0.3, -0.25) is 4.79 Å². The van der Waals surface area contributed by atoms with E-state index in [4.69, 9.17) is 30.6 Å². The van der Waals surface area contributed by atoms with Gasteiger partial charge in [-0.2, -0.15) is 0 Å². The molecule has 0 unspecified atom stereocenters. The van der Waals surface area contributed by atoms with E-state index in [2.05, 4.69) is 5.32 Å². The summed E-state index contributed by atoms with van der Waals surface area (Å²) < 4.78 is 16.4. The number of carboxylic acids is 2. The molecule has 2 aliphatic rings. The van der Waals surface area contributed by atoms with E-state index in [0.717, 1.165) is 13.1 Å². The number of aliphatic hydroxyl groups is 5. The second kappa shape index (κ2) is 11.7. The van der Waals surface area contributed by atoms with E-state index in [-0.39, 0.29) is 16.3 Å². The number of aromatic carboxylic acids is 1. The number of aromatic nitrogens is 1. The van der Waals surface area contributed by atoms with Crippen molar-refractivity contribution in [2.24, 2.45) is 0 Å². The average molecular weight is 546 g/mol. The van der Waals surface area contributed by atoms with Gasteiger partial charge in [0.25, 0.3) is 0 Å². The number of thioether (sulfide) groups is 1. The molecule has 1 aromatic carbocycles. The lowest BCUT2D eigenvalue weighted by Gasteiger charge is -2.34. The minimum absolute atomic E-state index is 0.0162. The van der Waals surface area contributed by atoms with Gasteiger partial charge in [0.1, 0.15) is 29.7 Å². The number of nitrogens with zero attached hydrogens (tertiary/aromatic N) is 2. The second-order valence-electron chi connectivity index (χ2n) is 8.47. The Labute approximate surface area is 213 Å². The molecule has 13 nitrogen and oxygen atoms in total. The maximum atomic E-state index is 14.6. The third kappa shape index (κ3) is 5.72. The van der Waals surface area contributed by atoms with Crippen molar-refractivity contribution in [3.63, 3.8) is 0 Å². The van der Waals surface area contributed by atoms with Gasteiger partial charge >= 0.3 is 11.9 Å².